The van der Waals surface area contributed by atoms with E-state index in [0.717, 1.165) is 0 Å². The van der Waals surface area contributed by atoms with E-state index in [1.807, 2.05) is 5.32 Å². The van der Waals surface area contributed by atoms with Crippen LogP contribution in [0, 0.1) is 0 Å². The van der Waals surface area contributed by atoms with Gasteiger partial charge in [0, 0.05) is 6.04 Å². The molecule has 2 aromatic carbocycles. The third kappa shape index (κ3) is 8.05. The standard InChI is InChI=1S/C23H26F3NO6S/c1-15(27-21(29)23(24,25)26)13-16-5-9-18(10-6-16)34(30,31)19-11-7-17(8-12-19)32-14-20(28)33-22(2,3)4/h5-12,15H,13-14H2,1-4H3,(H,27,29)/t15-/m1/s1. The molecular formula is C23H26F3NO6S. The van der Waals surface area contributed by atoms with Gasteiger partial charge < -0.3 is 14.8 Å². The first-order valence-corrected chi connectivity index (χ1v) is 11.7. The summed E-state index contributed by atoms with van der Waals surface area (Å²) in [5.74, 6) is -2.30. The Balaban J connectivity index is 2.01. The molecule has 186 valence electrons. The lowest BCUT2D eigenvalue weighted by molar-refractivity contribution is -0.174. The third-order valence-electron chi connectivity index (χ3n) is 4.32. The predicted octanol–water partition coefficient (Wildman–Crippen LogP) is 3.85. The fourth-order valence-corrected chi connectivity index (χ4v) is 4.14. The van der Waals surface area contributed by atoms with Gasteiger partial charge in [-0.1, -0.05) is 12.1 Å². The third-order valence-corrected chi connectivity index (χ3v) is 6.11. The molecule has 0 heterocycles. The molecule has 2 aromatic rings. The lowest BCUT2D eigenvalue weighted by atomic mass is 10.1. The summed E-state index contributed by atoms with van der Waals surface area (Å²) in [6.45, 7) is 6.27. The zero-order chi connectivity index (χ0) is 25.7. The molecule has 1 atom stereocenters. The number of sulfone groups is 1. The lowest BCUT2D eigenvalue weighted by Gasteiger charge is -2.19. The van der Waals surface area contributed by atoms with Crippen LogP contribution < -0.4 is 10.1 Å². The summed E-state index contributed by atoms with van der Waals surface area (Å²) in [4.78, 5) is 22.7. The number of benzene rings is 2. The van der Waals surface area contributed by atoms with E-state index in [1.54, 1.807) is 20.8 Å². The minimum absolute atomic E-state index is 0.00400. The number of carbonyl (C=O) groups excluding carboxylic acids is 2. The van der Waals surface area contributed by atoms with Crippen LogP contribution in [0.3, 0.4) is 0 Å². The van der Waals surface area contributed by atoms with E-state index in [4.69, 9.17) is 9.47 Å². The van der Waals surface area contributed by atoms with Crippen LogP contribution >= 0.6 is 0 Å². The molecule has 0 fully saturated rings. The van der Waals surface area contributed by atoms with Crippen LogP contribution in [0.15, 0.2) is 58.3 Å². The topological polar surface area (TPSA) is 98.8 Å². The number of nitrogens with one attached hydrogen (secondary N) is 1. The zero-order valence-electron chi connectivity index (χ0n) is 19.1. The average Bonchev–Trinajstić information content (AvgIpc) is 2.71. The van der Waals surface area contributed by atoms with Crippen LogP contribution in [-0.4, -0.2) is 44.7 Å². The molecule has 0 spiro atoms. The molecule has 11 heteroatoms. The van der Waals surface area contributed by atoms with Crippen molar-refractivity contribution in [3.63, 3.8) is 0 Å². The van der Waals surface area contributed by atoms with Gasteiger partial charge in [-0.25, -0.2) is 13.2 Å². The van der Waals surface area contributed by atoms with Gasteiger partial charge >= 0.3 is 18.1 Å². The molecule has 7 nitrogen and oxygen atoms in total. The van der Waals surface area contributed by atoms with Crippen LogP contribution in [0.2, 0.25) is 0 Å². The Bertz CT molecular complexity index is 1110. The summed E-state index contributed by atoms with van der Waals surface area (Å²) in [7, 11) is -3.86. The van der Waals surface area contributed by atoms with E-state index in [0.29, 0.717) is 5.56 Å². The van der Waals surface area contributed by atoms with E-state index in [9.17, 15) is 31.2 Å². The van der Waals surface area contributed by atoms with Crippen molar-refractivity contribution in [3.05, 3.63) is 54.1 Å². The van der Waals surface area contributed by atoms with Gasteiger partial charge in [0.1, 0.15) is 11.4 Å². The summed E-state index contributed by atoms with van der Waals surface area (Å²) in [5.41, 5.74) is -0.0944. The number of hydrogen-bond donors (Lipinski definition) is 1. The summed E-state index contributed by atoms with van der Waals surface area (Å²) >= 11 is 0. The molecule has 1 amide bonds. The number of halogens is 3. The first kappa shape index (κ1) is 27.2. The molecule has 0 aliphatic carbocycles. The molecule has 0 saturated heterocycles. The largest absolute Gasteiger partial charge is 0.482 e. The van der Waals surface area contributed by atoms with E-state index >= 15 is 0 Å². The zero-order valence-corrected chi connectivity index (χ0v) is 19.9. The number of amides is 1. The number of carbonyl (C=O) groups is 2. The number of ether oxygens (including phenoxy) is 2. The van der Waals surface area contributed by atoms with Gasteiger partial charge in [-0.15, -0.1) is 0 Å². The molecule has 0 aromatic heterocycles. The first-order chi connectivity index (χ1) is 15.6. The van der Waals surface area contributed by atoms with Crippen LogP contribution in [0.1, 0.15) is 33.3 Å². The predicted molar refractivity (Wildman–Crippen MR) is 117 cm³/mol. The Labute approximate surface area is 196 Å². The van der Waals surface area contributed by atoms with E-state index < -0.39 is 39.5 Å². The van der Waals surface area contributed by atoms with E-state index in [-0.39, 0.29) is 28.6 Å². The Hall–Kier alpha value is -3.08. The highest BCUT2D eigenvalue weighted by atomic mass is 32.2. The van der Waals surface area contributed by atoms with E-state index in [2.05, 4.69) is 0 Å². The van der Waals surface area contributed by atoms with Gasteiger partial charge in [-0.2, -0.15) is 13.2 Å². The van der Waals surface area contributed by atoms with Crippen molar-refractivity contribution >= 4 is 21.7 Å². The molecular weight excluding hydrogens is 475 g/mol. The van der Waals surface area contributed by atoms with Gasteiger partial charge in [-0.05, 0) is 76.1 Å². The van der Waals surface area contributed by atoms with Crippen molar-refractivity contribution in [3.8, 4) is 5.75 Å². The maximum atomic E-state index is 12.9. The van der Waals surface area contributed by atoms with Gasteiger partial charge in [0.15, 0.2) is 6.61 Å². The molecule has 0 aliphatic rings. The molecule has 1 N–H and O–H groups in total. The second-order valence-electron chi connectivity index (χ2n) is 8.57. The highest BCUT2D eigenvalue weighted by Crippen LogP contribution is 2.24. The summed E-state index contributed by atoms with van der Waals surface area (Å²) in [5, 5.41) is 1.85. The fraction of sp³-hybridized carbons (Fsp3) is 0.391. The van der Waals surface area contributed by atoms with Crippen molar-refractivity contribution in [2.45, 2.75) is 61.7 Å². The van der Waals surface area contributed by atoms with Crippen LogP contribution in [-0.2, 0) is 30.6 Å². The summed E-state index contributed by atoms with van der Waals surface area (Å²) in [6, 6.07) is 10.3. The van der Waals surface area contributed by atoms with Crippen LogP contribution in [0.25, 0.3) is 0 Å². The highest BCUT2D eigenvalue weighted by molar-refractivity contribution is 7.91. The molecule has 0 aliphatic heterocycles. The highest BCUT2D eigenvalue weighted by Gasteiger charge is 2.39. The van der Waals surface area contributed by atoms with Crippen molar-refractivity contribution in [1.82, 2.24) is 5.32 Å². The minimum atomic E-state index is -4.97. The SMILES string of the molecule is C[C@H](Cc1ccc(S(=O)(=O)c2ccc(OCC(=O)OC(C)(C)C)cc2)cc1)NC(=O)C(F)(F)F. The van der Waals surface area contributed by atoms with Crippen LogP contribution in [0.4, 0.5) is 13.2 Å². The number of alkyl halides is 3. The summed E-state index contributed by atoms with van der Waals surface area (Å²) in [6.07, 6.45) is -4.88. The van der Waals surface area contributed by atoms with Gasteiger partial charge in [0.05, 0.1) is 9.79 Å². The lowest BCUT2D eigenvalue weighted by Crippen LogP contribution is -2.42. The molecule has 0 radical (unpaired) electrons. The Morgan fingerprint density at radius 1 is 0.941 bits per heavy atom. The van der Waals surface area contributed by atoms with E-state index in [1.165, 1.54) is 55.5 Å². The molecule has 0 bridgehead atoms. The molecule has 0 saturated carbocycles. The van der Waals surface area contributed by atoms with Crippen molar-refractivity contribution < 1.29 is 40.7 Å². The Kier molecular flexibility index (Phi) is 8.35. The first-order valence-electron chi connectivity index (χ1n) is 10.2. The van der Waals surface area contributed by atoms with Gasteiger partial charge in [0.25, 0.3) is 0 Å². The number of esters is 1. The number of rotatable bonds is 8. The Morgan fingerprint density at radius 2 is 1.44 bits per heavy atom. The average molecular weight is 502 g/mol. The van der Waals surface area contributed by atoms with Crippen LogP contribution in [0.5, 0.6) is 5.75 Å². The summed E-state index contributed by atoms with van der Waals surface area (Å²) < 4.78 is 73.2. The monoisotopic (exact) mass is 501 g/mol. The molecule has 0 unspecified atom stereocenters. The second-order valence-corrected chi connectivity index (χ2v) is 10.5. The van der Waals surface area contributed by atoms with Gasteiger partial charge in [0.2, 0.25) is 9.84 Å². The molecule has 34 heavy (non-hydrogen) atoms. The van der Waals surface area contributed by atoms with Gasteiger partial charge in [-0.3, -0.25) is 4.79 Å². The smallest absolute Gasteiger partial charge is 0.471 e. The quantitative estimate of drug-likeness (QED) is 0.552. The molecule has 2 rings (SSSR count). The minimum Gasteiger partial charge on any atom is -0.482 e. The maximum absolute atomic E-state index is 12.9. The second kappa shape index (κ2) is 10.5. The van der Waals surface area contributed by atoms with Crippen molar-refractivity contribution in [2.24, 2.45) is 0 Å². The normalized spacial score (nSPS) is 13.1. The Morgan fingerprint density at radius 3 is 1.91 bits per heavy atom. The van der Waals surface area contributed by atoms with Crippen molar-refractivity contribution in [2.75, 3.05) is 6.61 Å². The van der Waals surface area contributed by atoms with Crippen molar-refractivity contribution in [1.29, 1.82) is 0 Å². The maximum Gasteiger partial charge on any atom is 0.471 e. The fourth-order valence-electron chi connectivity index (χ4n) is 2.88. The number of hydrogen-bond acceptors (Lipinski definition) is 6.